The Hall–Kier alpha value is -7.34. The van der Waals surface area contributed by atoms with Gasteiger partial charge in [-0.25, -0.2) is 9.59 Å². The molecule has 1 aromatic heterocycles. The van der Waals surface area contributed by atoms with E-state index in [0.717, 1.165) is 22.3 Å². The van der Waals surface area contributed by atoms with Gasteiger partial charge in [0.25, 0.3) is 5.91 Å². The summed E-state index contributed by atoms with van der Waals surface area (Å²) < 4.78 is 15.0. The van der Waals surface area contributed by atoms with Crippen LogP contribution in [-0.2, 0) is 40.1 Å². The zero-order valence-electron chi connectivity index (χ0n) is 37.3. The Bertz CT molecular complexity index is 2660. The molecule has 3 heterocycles. The number of rotatable bonds is 18. The van der Waals surface area contributed by atoms with E-state index in [2.05, 4.69) is 62.6 Å². The van der Waals surface area contributed by atoms with Crippen LogP contribution in [0.3, 0.4) is 0 Å². The number of hydrogen-bond donors (Lipinski definition) is 6. The summed E-state index contributed by atoms with van der Waals surface area (Å²) in [6.45, 7) is 2.27. The van der Waals surface area contributed by atoms with Gasteiger partial charge in [-0.3, -0.25) is 20.0 Å². The fourth-order valence-electron chi connectivity index (χ4n) is 8.24. The number of phenols is 1. The number of aromatic hydroxyl groups is 1. The first-order chi connectivity index (χ1) is 32.6. The summed E-state index contributed by atoms with van der Waals surface area (Å²) in [5.74, 6) is 0.554. The molecule has 0 saturated carbocycles. The van der Waals surface area contributed by atoms with Crippen molar-refractivity contribution >= 4 is 54.4 Å². The zero-order chi connectivity index (χ0) is 46.9. The molecular weight excluding hydrogens is 867 g/mol. The second-order valence-corrected chi connectivity index (χ2v) is 17.2. The quantitative estimate of drug-likeness (QED) is 0.0120. The number of nitrogens with one attached hydrogen (secondary N) is 4. The first-order valence-electron chi connectivity index (χ1n) is 21.9. The number of nitrogens with zero attached hydrogens (tertiary/aromatic N) is 4. The van der Waals surface area contributed by atoms with Gasteiger partial charge in [-0.2, -0.15) is 0 Å². The molecular formula is C50H52BN8O7S+. The number of amides is 3. The lowest BCUT2D eigenvalue weighted by Gasteiger charge is -2.47. The molecule has 1 fully saturated rings. The molecule has 342 valence electrons. The largest absolute Gasteiger partial charge is 0.507 e. The highest BCUT2D eigenvalue weighted by atomic mass is 32.2. The minimum atomic E-state index is -0.985. The van der Waals surface area contributed by atoms with Crippen molar-refractivity contribution in [2.45, 2.75) is 36.9 Å². The number of ether oxygens (including phenoxy) is 2. The molecule has 67 heavy (non-hydrogen) atoms. The summed E-state index contributed by atoms with van der Waals surface area (Å²) in [6, 6.07) is 42.9. The number of carbonyl (C=O) groups excluding carboxylic acids is 3. The molecule has 0 bridgehead atoms. The van der Waals surface area contributed by atoms with Crippen molar-refractivity contribution in [3.63, 3.8) is 0 Å². The molecule has 6 N–H and O–H groups in total. The molecule has 0 aliphatic carbocycles. The van der Waals surface area contributed by atoms with E-state index in [1.165, 1.54) is 22.9 Å². The van der Waals surface area contributed by atoms with Crippen LogP contribution in [-0.4, -0.2) is 88.3 Å². The van der Waals surface area contributed by atoms with Crippen molar-refractivity contribution in [1.82, 2.24) is 20.1 Å². The number of benzene rings is 5. The Labute approximate surface area is 393 Å². The molecule has 3 amide bonds. The number of fused-ring (bicyclic) bond motifs is 1. The summed E-state index contributed by atoms with van der Waals surface area (Å²) in [5, 5.41) is 32.3. The Kier molecular flexibility index (Phi) is 14.4. The maximum absolute atomic E-state index is 14.4. The maximum atomic E-state index is 14.4. The first-order valence-corrected chi connectivity index (χ1v) is 22.9. The van der Waals surface area contributed by atoms with E-state index >= 15 is 0 Å². The van der Waals surface area contributed by atoms with Gasteiger partial charge in [0, 0.05) is 36.2 Å². The number of β-lactam (4-membered cyclic amide) rings is 1. The van der Waals surface area contributed by atoms with E-state index in [1.807, 2.05) is 83.1 Å². The molecule has 2 aliphatic heterocycles. The van der Waals surface area contributed by atoms with Crippen molar-refractivity contribution in [3.8, 4) is 11.5 Å². The Morgan fingerprint density at radius 1 is 0.896 bits per heavy atom. The van der Waals surface area contributed by atoms with E-state index in [1.54, 1.807) is 56.5 Å². The van der Waals surface area contributed by atoms with E-state index < -0.39 is 36.0 Å². The molecule has 6 aromatic rings. The smallest absolute Gasteiger partial charge is 0.373 e. The molecule has 15 nitrogen and oxygen atoms in total. The van der Waals surface area contributed by atoms with E-state index in [0.29, 0.717) is 40.7 Å². The number of hydrogen-bond acceptors (Lipinski definition) is 11. The number of urea groups is 1. The van der Waals surface area contributed by atoms with E-state index in [9.17, 15) is 24.5 Å². The third-order valence-corrected chi connectivity index (χ3v) is 13.0. The van der Waals surface area contributed by atoms with Gasteiger partial charge >= 0.3 is 19.1 Å². The van der Waals surface area contributed by atoms with Crippen LogP contribution in [0.25, 0.3) is 0 Å². The fraction of sp³-hybridized carbons (Fsp3) is 0.220. The number of aliphatic imine (C=N–C) groups is 1. The number of phenolic OH excluding ortho intramolecular Hbond substituents is 1. The van der Waals surface area contributed by atoms with Gasteiger partial charge in [0.05, 0.1) is 14.2 Å². The average Bonchev–Trinajstić information content (AvgIpc) is 3.63. The Morgan fingerprint density at radius 3 is 2.10 bits per heavy atom. The monoisotopic (exact) mass is 919 g/mol. The van der Waals surface area contributed by atoms with Crippen molar-refractivity contribution in [2.75, 3.05) is 36.6 Å². The highest BCUT2D eigenvalue weighted by molar-refractivity contribution is 8.00. The first kappa shape index (κ1) is 46.2. The number of thioether (sulfide) groups is 1. The fourth-order valence-corrected chi connectivity index (χ4v) is 9.57. The lowest BCUT2D eigenvalue weighted by atomic mass is 9.77. The second kappa shape index (κ2) is 20.9. The van der Waals surface area contributed by atoms with Gasteiger partial charge in [-0.15, -0.1) is 21.1 Å². The number of aromatic nitrogens is 2. The van der Waals surface area contributed by atoms with Gasteiger partial charge in [0.15, 0.2) is 24.1 Å². The van der Waals surface area contributed by atoms with Crippen LogP contribution in [0.4, 0.5) is 16.3 Å². The van der Waals surface area contributed by atoms with Crippen LogP contribution in [0, 0.1) is 0 Å². The predicted octanol–water partition coefficient (Wildman–Crippen LogP) is 5.65. The Balaban J connectivity index is 1.20. The maximum Gasteiger partial charge on any atom is 0.373 e. The lowest BCUT2D eigenvalue weighted by Crippen LogP contribution is -2.64. The Morgan fingerprint density at radius 2 is 1.51 bits per heavy atom. The molecule has 1 saturated heterocycles. The van der Waals surface area contributed by atoms with E-state index in [-0.39, 0.29) is 37.1 Å². The van der Waals surface area contributed by atoms with Crippen LogP contribution in [0.15, 0.2) is 162 Å². The lowest BCUT2D eigenvalue weighted by molar-refractivity contribution is -0.765. The predicted molar refractivity (Wildman–Crippen MR) is 260 cm³/mol. The van der Waals surface area contributed by atoms with Gasteiger partial charge in [0.1, 0.15) is 34.7 Å². The summed E-state index contributed by atoms with van der Waals surface area (Å²) in [6.07, 6.45) is 3.28. The zero-order valence-corrected chi connectivity index (χ0v) is 38.2. The standard InChI is InChI=1S/C50H51BN8O7S/c1-51(64)54-28-27-52-49(63)55-41-31-58(57(2)45(41)56-50(37-16-7-4-8-17-37,38-18-9-5-10-19-38)39-20-11-6-12-21-39)30-36-33-67-47-43(53-29-35-15-13-14-22-42(35)60)46(61)59(47)44(36)48(62)66-32-34-23-25-40(65-3)26-24-34/h4-26,29,31,43,47,54,64H,27-28,30,32-33H2,1-3H3,(H3,52,53,55,60,63)/p+1/t43-,47-/m1/s1. The molecule has 2 aliphatic rings. The van der Waals surface area contributed by atoms with Crippen molar-refractivity contribution < 1.29 is 38.7 Å². The molecule has 0 radical (unpaired) electrons. The molecule has 17 heteroatoms. The number of carbonyl (C=O) groups is 3. The summed E-state index contributed by atoms with van der Waals surface area (Å²) in [5.41, 5.74) is 4.22. The summed E-state index contributed by atoms with van der Waals surface area (Å²) >= 11 is 1.48. The number of para-hydroxylation sites is 1. The van der Waals surface area contributed by atoms with Gasteiger partial charge in [-0.05, 0) is 53.3 Å². The molecule has 5 aromatic carbocycles. The summed E-state index contributed by atoms with van der Waals surface area (Å²) in [7, 11) is 2.70. The van der Waals surface area contributed by atoms with Crippen LogP contribution in [0.2, 0.25) is 6.82 Å². The third-order valence-electron chi connectivity index (χ3n) is 11.7. The van der Waals surface area contributed by atoms with E-state index in [4.69, 9.17) is 9.47 Å². The highest BCUT2D eigenvalue weighted by Crippen LogP contribution is 2.44. The molecule has 8 rings (SSSR count). The van der Waals surface area contributed by atoms with Gasteiger partial charge < -0.3 is 35.5 Å². The second-order valence-electron chi connectivity index (χ2n) is 16.1. The van der Waals surface area contributed by atoms with Gasteiger partial charge in [-0.1, -0.05) is 115 Å². The van der Waals surface area contributed by atoms with Crippen LogP contribution >= 0.6 is 11.8 Å². The number of esters is 1. The molecule has 2 atom stereocenters. The van der Waals surface area contributed by atoms with Crippen LogP contribution in [0.5, 0.6) is 11.5 Å². The van der Waals surface area contributed by atoms with Crippen LogP contribution in [0.1, 0.15) is 27.8 Å². The third kappa shape index (κ3) is 10.1. The highest BCUT2D eigenvalue weighted by Gasteiger charge is 2.54. The topological polar surface area (TPSA) is 183 Å². The normalized spacial score (nSPS) is 15.7. The number of methoxy groups -OCH3 is 1. The minimum absolute atomic E-state index is 0.0397. The number of anilines is 2. The van der Waals surface area contributed by atoms with Crippen molar-refractivity contribution in [2.24, 2.45) is 12.0 Å². The summed E-state index contributed by atoms with van der Waals surface area (Å²) in [4.78, 5) is 48.2. The SMILES string of the molecule is COc1ccc(COC(=O)C2=C(C[n+]3cc(NC(=O)NCCNB(C)O)c(NC(c4ccccc4)(c4ccccc4)c4ccccc4)n3C)CS[C@@H]3[C@H](/N=C\c4ccccc4O)C(=O)N23)cc1. The molecule has 0 spiro atoms. The average molecular weight is 920 g/mol. The minimum Gasteiger partial charge on any atom is -0.507 e. The van der Waals surface area contributed by atoms with Crippen molar-refractivity contribution in [1.29, 1.82) is 0 Å². The van der Waals surface area contributed by atoms with Gasteiger partial charge in [0.2, 0.25) is 6.20 Å². The molecule has 0 unspecified atom stereocenters. The van der Waals surface area contributed by atoms with Crippen LogP contribution < -0.4 is 30.6 Å². The van der Waals surface area contributed by atoms with Crippen molar-refractivity contribution in [3.05, 3.63) is 185 Å².